The molecule has 0 amide bonds. The minimum Gasteiger partial charge on any atom is -0.496 e. The molecular formula is C17H17N3O2S. The average molecular weight is 327 g/mol. The van der Waals surface area contributed by atoms with Gasteiger partial charge in [-0.05, 0) is 43.5 Å². The lowest BCUT2D eigenvalue weighted by atomic mass is 10.2. The summed E-state index contributed by atoms with van der Waals surface area (Å²) in [7, 11) is 1.64. The fraction of sp³-hybridized carbons (Fsp3) is 0.176. The van der Waals surface area contributed by atoms with Gasteiger partial charge in [-0.1, -0.05) is 0 Å². The van der Waals surface area contributed by atoms with Crippen LogP contribution < -0.4 is 4.74 Å². The van der Waals surface area contributed by atoms with E-state index >= 15 is 0 Å². The first kappa shape index (κ1) is 15.4. The van der Waals surface area contributed by atoms with E-state index < -0.39 is 0 Å². The Labute approximate surface area is 138 Å². The lowest BCUT2D eigenvalue weighted by Gasteiger charge is -2.08. The Morgan fingerprint density at radius 1 is 1.13 bits per heavy atom. The summed E-state index contributed by atoms with van der Waals surface area (Å²) in [4.78, 5) is 9.66. The number of rotatable bonds is 4. The molecule has 3 aromatic rings. The third-order valence-corrected chi connectivity index (χ3v) is 4.45. The number of aromatic nitrogens is 3. The second-order valence-electron chi connectivity index (χ2n) is 4.99. The topological polar surface area (TPSA) is 60.2 Å². The summed E-state index contributed by atoms with van der Waals surface area (Å²) in [6.07, 6.45) is 5.42. The summed E-state index contributed by atoms with van der Waals surface area (Å²) >= 11 is 1.61. The Morgan fingerprint density at radius 2 is 1.87 bits per heavy atom. The van der Waals surface area contributed by atoms with Crippen LogP contribution >= 0.6 is 11.8 Å². The Kier molecular flexibility index (Phi) is 4.25. The fourth-order valence-electron chi connectivity index (χ4n) is 2.44. The van der Waals surface area contributed by atoms with Crippen molar-refractivity contribution in [2.75, 3.05) is 13.4 Å². The van der Waals surface area contributed by atoms with Gasteiger partial charge in [-0.15, -0.1) is 11.8 Å². The van der Waals surface area contributed by atoms with E-state index in [0.717, 1.165) is 32.2 Å². The van der Waals surface area contributed by atoms with Crippen molar-refractivity contribution in [1.82, 2.24) is 14.7 Å². The van der Waals surface area contributed by atoms with E-state index in [-0.39, 0.29) is 0 Å². The molecule has 0 fully saturated rings. The molecule has 0 saturated heterocycles. The van der Waals surface area contributed by atoms with Gasteiger partial charge in [-0.2, -0.15) is 4.73 Å². The van der Waals surface area contributed by atoms with Gasteiger partial charge in [0.1, 0.15) is 5.75 Å². The second kappa shape index (κ2) is 6.34. The van der Waals surface area contributed by atoms with Crippen LogP contribution in [0, 0.1) is 6.92 Å². The highest BCUT2D eigenvalue weighted by molar-refractivity contribution is 7.98. The smallest absolute Gasteiger partial charge is 0.176 e. The Morgan fingerprint density at radius 3 is 2.52 bits per heavy atom. The summed E-state index contributed by atoms with van der Waals surface area (Å²) in [6.45, 7) is 1.83. The van der Waals surface area contributed by atoms with Gasteiger partial charge in [-0.25, -0.2) is 4.98 Å². The number of nitrogens with zero attached hydrogens (tertiary/aromatic N) is 3. The van der Waals surface area contributed by atoms with Gasteiger partial charge in [-0.3, -0.25) is 4.98 Å². The van der Waals surface area contributed by atoms with Crippen molar-refractivity contribution in [3.8, 4) is 28.4 Å². The largest absolute Gasteiger partial charge is 0.496 e. The van der Waals surface area contributed by atoms with Crippen LogP contribution in [0.2, 0.25) is 0 Å². The first-order valence-electron chi connectivity index (χ1n) is 7.07. The quantitative estimate of drug-likeness (QED) is 0.582. The zero-order valence-electron chi connectivity index (χ0n) is 13.1. The molecule has 0 saturated carbocycles. The first-order valence-corrected chi connectivity index (χ1v) is 8.29. The standard InChI is InChI=1S/C17H17N3O2S/c1-11-16(12-6-8-18-9-7-12)19-17(20(11)21)13-4-5-15(23-3)14(10-13)22-2/h4-10,21H,1-3H3. The van der Waals surface area contributed by atoms with Crippen molar-refractivity contribution < 1.29 is 9.94 Å². The van der Waals surface area contributed by atoms with Crippen LogP contribution in [-0.2, 0) is 0 Å². The maximum Gasteiger partial charge on any atom is 0.176 e. The van der Waals surface area contributed by atoms with E-state index in [2.05, 4.69) is 9.97 Å². The van der Waals surface area contributed by atoms with E-state index in [1.165, 1.54) is 0 Å². The number of methoxy groups -OCH3 is 1. The Bertz CT molecular complexity index is 831. The monoisotopic (exact) mass is 327 g/mol. The number of imidazole rings is 1. The maximum absolute atomic E-state index is 10.4. The molecule has 118 valence electrons. The van der Waals surface area contributed by atoms with E-state index in [4.69, 9.17) is 4.74 Å². The molecule has 0 spiro atoms. The minimum absolute atomic E-state index is 0.486. The van der Waals surface area contributed by atoms with Crippen LogP contribution in [0.25, 0.3) is 22.6 Å². The van der Waals surface area contributed by atoms with E-state index in [1.807, 2.05) is 43.5 Å². The van der Waals surface area contributed by atoms with Crippen molar-refractivity contribution in [1.29, 1.82) is 0 Å². The van der Waals surface area contributed by atoms with Gasteiger partial charge in [0.15, 0.2) is 5.82 Å². The molecule has 0 aliphatic rings. The van der Waals surface area contributed by atoms with Crippen molar-refractivity contribution >= 4 is 11.8 Å². The third kappa shape index (κ3) is 2.77. The first-order chi connectivity index (χ1) is 11.2. The number of ether oxygens (including phenoxy) is 1. The molecule has 0 radical (unpaired) electrons. The van der Waals surface area contributed by atoms with Crippen LogP contribution in [-0.4, -0.2) is 33.3 Å². The molecule has 3 rings (SSSR count). The zero-order valence-corrected chi connectivity index (χ0v) is 14.0. The Hall–Kier alpha value is -2.47. The van der Waals surface area contributed by atoms with Crippen LogP contribution in [0.15, 0.2) is 47.6 Å². The van der Waals surface area contributed by atoms with Gasteiger partial charge < -0.3 is 9.94 Å². The highest BCUT2D eigenvalue weighted by atomic mass is 32.2. The molecule has 0 aliphatic carbocycles. The molecule has 2 heterocycles. The van der Waals surface area contributed by atoms with Gasteiger partial charge in [0.05, 0.1) is 18.5 Å². The summed E-state index contributed by atoms with van der Waals surface area (Å²) in [5, 5.41) is 10.4. The predicted octanol–water partition coefficient (Wildman–Crippen LogP) is 3.89. The molecule has 1 N–H and O–H groups in total. The Balaban J connectivity index is 2.11. The number of hydrogen-bond donors (Lipinski definition) is 1. The lowest BCUT2D eigenvalue weighted by molar-refractivity contribution is 0.185. The van der Waals surface area contributed by atoms with E-state index in [1.54, 1.807) is 31.3 Å². The minimum atomic E-state index is 0.486. The van der Waals surface area contributed by atoms with Crippen LogP contribution in [0.5, 0.6) is 5.75 Å². The molecule has 0 unspecified atom stereocenters. The number of thioether (sulfide) groups is 1. The molecule has 0 atom stereocenters. The normalized spacial score (nSPS) is 10.7. The summed E-state index contributed by atoms with van der Waals surface area (Å²) in [5.41, 5.74) is 3.13. The second-order valence-corrected chi connectivity index (χ2v) is 5.83. The highest BCUT2D eigenvalue weighted by Crippen LogP contribution is 2.33. The number of hydrogen-bond acceptors (Lipinski definition) is 5. The van der Waals surface area contributed by atoms with E-state index in [9.17, 15) is 5.21 Å². The summed E-state index contributed by atoms with van der Waals surface area (Å²) in [6, 6.07) is 9.53. The zero-order chi connectivity index (χ0) is 16.4. The highest BCUT2D eigenvalue weighted by Gasteiger charge is 2.17. The van der Waals surface area contributed by atoms with Crippen LogP contribution in [0.3, 0.4) is 0 Å². The molecule has 0 bridgehead atoms. The molecule has 23 heavy (non-hydrogen) atoms. The van der Waals surface area contributed by atoms with Crippen LogP contribution in [0.1, 0.15) is 5.69 Å². The molecule has 0 aliphatic heterocycles. The van der Waals surface area contributed by atoms with Gasteiger partial charge in [0.2, 0.25) is 0 Å². The fourth-order valence-corrected chi connectivity index (χ4v) is 2.99. The SMILES string of the molecule is COc1cc(-c2nc(-c3ccncc3)c(C)n2O)ccc1SC. The molecular weight excluding hydrogens is 310 g/mol. The van der Waals surface area contributed by atoms with Crippen molar-refractivity contribution in [2.45, 2.75) is 11.8 Å². The molecule has 5 nitrogen and oxygen atoms in total. The van der Waals surface area contributed by atoms with Crippen molar-refractivity contribution in [3.05, 3.63) is 48.4 Å². The van der Waals surface area contributed by atoms with E-state index in [0.29, 0.717) is 11.5 Å². The predicted molar refractivity (Wildman–Crippen MR) is 91.1 cm³/mol. The van der Waals surface area contributed by atoms with Gasteiger partial charge in [0, 0.05) is 28.4 Å². The average Bonchev–Trinajstić information content (AvgIpc) is 2.90. The lowest BCUT2D eigenvalue weighted by Crippen LogP contribution is -1.97. The van der Waals surface area contributed by atoms with Crippen molar-refractivity contribution in [2.24, 2.45) is 0 Å². The molecule has 1 aromatic carbocycles. The third-order valence-electron chi connectivity index (χ3n) is 3.67. The maximum atomic E-state index is 10.4. The summed E-state index contributed by atoms with van der Waals surface area (Å²) < 4.78 is 6.53. The van der Waals surface area contributed by atoms with Gasteiger partial charge in [0.25, 0.3) is 0 Å². The number of benzene rings is 1. The van der Waals surface area contributed by atoms with Gasteiger partial charge >= 0.3 is 0 Å². The van der Waals surface area contributed by atoms with Crippen molar-refractivity contribution in [3.63, 3.8) is 0 Å². The number of pyridine rings is 1. The summed E-state index contributed by atoms with van der Waals surface area (Å²) in [5.74, 6) is 1.25. The van der Waals surface area contributed by atoms with Crippen LogP contribution in [0.4, 0.5) is 0 Å². The molecule has 2 aromatic heterocycles. The molecule has 6 heteroatoms.